The van der Waals surface area contributed by atoms with Crippen LogP contribution >= 0.6 is 34.5 Å². The first kappa shape index (κ1) is 27.6. The van der Waals surface area contributed by atoms with Crippen LogP contribution < -0.4 is 15.5 Å². The smallest absolute Gasteiger partial charge is 0.269 e. The van der Waals surface area contributed by atoms with E-state index in [0.29, 0.717) is 20.8 Å². The normalized spacial score (nSPS) is 10.8. The molecule has 0 saturated carbocycles. The molecule has 1 heterocycles. The Morgan fingerprint density at radius 1 is 1.05 bits per heavy atom. The van der Waals surface area contributed by atoms with Gasteiger partial charge in [-0.15, -0.1) is 10.2 Å². The highest BCUT2D eigenvalue weighted by atomic mass is 35.5. The second kappa shape index (κ2) is 12.9. The largest absolute Gasteiger partial charge is 0.489 e. The van der Waals surface area contributed by atoms with Gasteiger partial charge in [0.05, 0.1) is 17.6 Å². The van der Waals surface area contributed by atoms with E-state index in [4.69, 9.17) is 27.9 Å². The first-order chi connectivity index (χ1) is 18.8. The molecule has 1 aromatic heterocycles. The van der Waals surface area contributed by atoms with Crippen LogP contribution in [0.2, 0.25) is 10.0 Å². The number of amides is 2. The number of carbonyl (C=O) groups excluding carboxylic acids is 2. The maximum absolute atomic E-state index is 12.3. The summed E-state index contributed by atoms with van der Waals surface area (Å²) in [5, 5.41) is 26.6. The predicted octanol–water partition coefficient (Wildman–Crippen LogP) is 5.28. The van der Waals surface area contributed by atoms with Gasteiger partial charge in [-0.1, -0.05) is 40.6 Å². The zero-order valence-corrected chi connectivity index (χ0v) is 22.2. The van der Waals surface area contributed by atoms with Crippen molar-refractivity contribution in [3.05, 3.63) is 109 Å². The van der Waals surface area contributed by atoms with Gasteiger partial charge in [-0.05, 0) is 54.1 Å². The molecule has 0 spiro atoms. The van der Waals surface area contributed by atoms with E-state index in [-0.39, 0.29) is 29.4 Å². The Balaban J connectivity index is 1.22. The Bertz CT molecular complexity index is 1530. The average molecular weight is 585 g/mol. The fraction of sp³-hybridized carbons (Fsp3) is 0.0800. The highest BCUT2D eigenvalue weighted by Gasteiger charge is 2.14. The number of benzene rings is 3. The quantitative estimate of drug-likeness (QED) is 0.146. The summed E-state index contributed by atoms with van der Waals surface area (Å²) >= 11 is 13.1. The van der Waals surface area contributed by atoms with Gasteiger partial charge in [0.1, 0.15) is 17.4 Å². The monoisotopic (exact) mass is 584 g/mol. The van der Waals surface area contributed by atoms with Gasteiger partial charge in [-0.3, -0.25) is 25.0 Å². The molecule has 2 N–H and O–H groups in total. The van der Waals surface area contributed by atoms with Crippen LogP contribution in [-0.4, -0.2) is 33.1 Å². The number of nitrogens with zero attached hydrogens (tertiary/aromatic N) is 4. The second-order valence-corrected chi connectivity index (χ2v) is 9.73. The van der Waals surface area contributed by atoms with Crippen molar-refractivity contribution in [1.82, 2.24) is 15.6 Å². The van der Waals surface area contributed by atoms with Crippen LogP contribution in [0.1, 0.15) is 26.5 Å². The minimum Gasteiger partial charge on any atom is -0.489 e. The third kappa shape index (κ3) is 8.04. The fourth-order valence-electron chi connectivity index (χ4n) is 3.08. The summed E-state index contributed by atoms with van der Waals surface area (Å²) in [6, 6.07) is 17.4. The van der Waals surface area contributed by atoms with Crippen LogP contribution in [0.15, 0.2) is 71.8 Å². The molecule has 0 unspecified atom stereocenters. The third-order valence-corrected chi connectivity index (χ3v) is 6.46. The molecule has 4 rings (SSSR count). The Morgan fingerprint density at radius 2 is 1.79 bits per heavy atom. The molecule has 4 aromatic rings. The molecule has 0 aliphatic heterocycles. The van der Waals surface area contributed by atoms with Crippen LogP contribution in [0.5, 0.6) is 5.75 Å². The van der Waals surface area contributed by atoms with E-state index < -0.39 is 16.7 Å². The van der Waals surface area contributed by atoms with Gasteiger partial charge in [0.25, 0.3) is 11.6 Å². The lowest BCUT2D eigenvalue weighted by Crippen LogP contribution is -2.19. The van der Waals surface area contributed by atoms with Crippen LogP contribution in [0.4, 0.5) is 10.8 Å². The lowest BCUT2D eigenvalue weighted by atomic mass is 10.2. The average Bonchev–Trinajstić information content (AvgIpc) is 3.35. The van der Waals surface area contributed by atoms with Gasteiger partial charge >= 0.3 is 0 Å². The summed E-state index contributed by atoms with van der Waals surface area (Å²) in [6.07, 6.45) is 1.39. The Kier molecular flexibility index (Phi) is 9.15. The number of non-ortho nitro benzene ring substituents is 1. The lowest BCUT2D eigenvalue weighted by molar-refractivity contribution is -0.384. The van der Waals surface area contributed by atoms with Gasteiger partial charge in [-0.2, -0.15) is 5.10 Å². The maximum Gasteiger partial charge on any atom is 0.269 e. The third-order valence-electron chi connectivity index (χ3n) is 5.03. The molecule has 2 amide bonds. The van der Waals surface area contributed by atoms with Gasteiger partial charge < -0.3 is 4.74 Å². The molecule has 0 bridgehead atoms. The van der Waals surface area contributed by atoms with E-state index in [0.717, 1.165) is 22.5 Å². The van der Waals surface area contributed by atoms with Crippen LogP contribution in [0.25, 0.3) is 0 Å². The van der Waals surface area contributed by atoms with Gasteiger partial charge in [-0.25, -0.2) is 5.43 Å². The summed E-state index contributed by atoms with van der Waals surface area (Å²) in [7, 11) is 0. The van der Waals surface area contributed by atoms with E-state index in [1.807, 2.05) is 0 Å². The number of rotatable bonds is 10. The molecule has 0 radical (unpaired) electrons. The molecule has 11 nitrogen and oxygen atoms in total. The van der Waals surface area contributed by atoms with Crippen molar-refractivity contribution in [2.24, 2.45) is 5.10 Å². The van der Waals surface area contributed by atoms with E-state index in [1.165, 1.54) is 30.5 Å². The molecular formula is C25H18Cl2N6O5S. The van der Waals surface area contributed by atoms with E-state index >= 15 is 0 Å². The Morgan fingerprint density at radius 3 is 2.49 bits per heavy atom. The first-order valence-corrected chi connectivity index (χ1v) is 12.7. The second-order valence-electron chi connectivity index (χ2n) is 7.82. The number of halogens is 2. The van der Waals surface area contributed by atoms with Crippen LogP contribution in [-0.2, 0) is 17.8 Å². The summed E-state index contributed by atoms with van der Waals surface area (Å²) in [6.45, 7) is 0.285. The van der Waals surface area contributed by atoms with Crippen molar-refractivity contribution in [1.29, 1.82) is 0 Å². The summed E-state index contributed by atoms with van der Waals surface area (Å²) < 4.78 is 5.74. The number of nitrogens with one attached hydrogen (secondary N) is 2. The minimum atomic E-state index is -0.555. The lowest BCUT2D eigenvalue weighted by Gasteiger charge is -2.08. The Hall–Kier alpha value is -4.39. The highest BCUT2D eigenvalue weighted by molar-refractivity contribution is 7.15. The molecule has 14 heteroatoms. The van der Waals surface area contributed by atoms with E-state index in [1.54, 1.807) is 42.5 Å². The molecule has 0 aliphatic rings. The van der Waals surface area contributed by atoms with Crippen LogP contribution in [0, 0.1) is 10.1 Å². The van der Waals surface area contributed by atoms with Crippen molar-refractivity contribution in [2.75, 3.05) is 5.32 Å². The van der Waals surface area contributed by atoms with E-state index in [2.05, 4.69) is 26.0 Å². The van der Waals surface area contributed by atoms with Crippen molar-refractivity contribution in [3.63, 3.8) is 0 Å². The number of nitro benzene ring substituents is 1. The van der Waals surface area contributed by atoms with Gasteiger partial charge in [0.15, 0.2) is 0 Å². The predicted molar refractivity (Wildman–Crippen MR) is 148 cm³/mol. The van der Waals surface area contributed by atoms with Crippen LogP contribution in [0.3, 0.4) is 0 Å². The minimum absolute atomic E-state index is 0.0948. The fourth-order valence-corrected chi connectivity index (χ4v) is 4.28. The van der Waals surface area contributed by atoms with Gasteiger partial charge in [0, 0.05) is 33.3 Å². The Labute approximate surface area is 235 Å². The topological polar surface area (TPSA) is 149 Å². The number of hydrogen-bond acceptors (Lipinski definition) is 9. The zero-order valence-electron chi connectivity index (χ0n) is 19.8. The number of aromatic nitrogens is 2. The van der Waals surface area contributed by atoms with Crippen molar-refractivity contribution in [3.8, 4) is 5.75 Å². The van der Waals surface area contributed by atoms with Crippen molar-refractivity contribution < 1.29 is 19.2 Å². The molecule has 0 saturated heterocycles. The standard InChI is InChI=1S/C25H18Cl2N6O5S/c26-18-6-3-17(21(27)11-18)14-38-20-9-1-15(2-10-20)13-28-30-22(34)12-23-31-32-25(39-23)29-24(35)16-4-7-19(8-5-16)33(36)37/h1-11,13H,12,14H2,(H,30,34)(H,29,32,35)/b28-13-. The molecule has 0 aliphatic carbocycles. The highest BCUT2D eigenvalue weighted by Crippen LogP contribution is 2.23. The molecule has 198 valence electrons. The first-order valence-electron chi connectivity index (χ1n) is 11.1. The van der Waals surface area contributed by atoms with Crippen molar-refractivity contribution in [2.45, 2.75) is 13.0 Å². The number of ether oxygens (including phenoxy) is 1. The SMILES string of the molecule is O=C(Cc1nnc(NC(=O)c2ccc([N+](=O)[O-])cc2)s1)N/N=C\c1ccc(OCc2ccc(Cl)cc2Cl)cc1. The van der Waals surface area contributed by atoms with Crippen molar-refractivity contribution >= 4 is 63.4 Å². The summed E-state index contributed by atoms with van der Waals surface area (Å²) in [4.78, 5) is 34.7. The van der Waals surface area contributed by atoms with Gasteiger partial charge in [0.2, 0.25) is 11.0 Å². The molecule has 0 fully saturated rings. The number of hydrogen-bond donors (Lipinski definition) is 2. The molecular weight excluding hydrogens is 567 g/mol. The number of nitro groups is 1. The molecule has 3 aromatic carbocycles. The molecule has 0 atom stereocenters. The number of hydrazone groups is 1. The summed E-state index contributed by atoms with van der Waals surface area (Å²) in [5.74, 6) is -0.294. The maximum atomic E-state index is 12.3. The number of carbonyl (C=O) groups is 2. The van der Waals surface area contributed by atoms with E-state index in [9.17, 15) is 19.7 Å². The molecule has 39 heavy (non-hydrogen) atoms. The zero-order chi connectivity index (χ0) is 27.8. The number of anilines is 1. The summed E-state index contributed by atoms with van der Waals surface area (Å²) in [5.41, 5.74) is 4.05.